The molecule has 1 saturated carbocycles. The van der Waals surface area contributed by atoms with Gasteiger partial charge >= 0.3 is 0 Å². The van der Waals surface area contributed by atoms with Crippen LogP contribution >= 0.6 is 0 Å². The normalized spacial score (nSPS) is 29.3. The summed E-state index contributed by atoms with van der Waals surface area (Å²) in [7, 11) is 1.97. The van der Waals surface area contributed by atoms with Gasteiger partial charge in [-0.1, -0.05) is 20.8 Å². The fourth-order valence-corrected chi connectivity index (χ4v) is 5.74. The van der Waals surface area contributed by atoms with Crippen molar-refractivity contribution in [2.45, 2.75) is 71.1 Å². The lowest BCUT2D eigenvalue weighted by Crippen LogP contribution is -2.55. The van der Waals surface area contributed by atoms with Gasteiger partial charge in [-0.05, 0) is 50.7 Å². The van der Waals surface area contributed by atoms with Gasteiger partial charge in [0.1, 0.15) is 0 Å². The number of amides is 1. The highest BCUT2D eigenvalue weighted by Gasteiger charge is 2.48. The van der Waals surface area contributed by atoms with Gasteiger partial charge in [0.15, 0.2) is 5.79 Å². The number of hydrogen-bond acceptors (Lipinski definition) is 5. The van der Waals surface area contributed by atoms with Gasteiger partial charge in [-0.15, -0.1) is 0 Å². The van der Waals surface area contributed by atoms with Crippen molar-refractivity contribution < 1.29 is 14.3 Å². The molecule has 0 aromatic heterocycles. The first-order valence-electron chi connectivity index (χ1n) is 12.0. The van der Waals surface area contributed by atoms with Crippen molar-refractivity contribution in [2.24, 2.45) is 11.8 Å². The summed E-state index contributed by atoms with van der Waals surface area (Å²) in [6.45, 7) is 14.2. The molecule has 0 bridgehead atoms. The largest absolute Gasteiger partial charge is 0.348 e. The summed E-state index contributed by atoms with van der Waals surface area (Å²) in [6, 6.07) is 0.639. The number of ether oxygens (including phenoxy) is 2. The van der Waals surface area contributed by atoms with E-state index >= 15 is 0 Å². The molecule has 6 nitrogen and oxygen atoms in total. The van der Waals surface area contributed by atoms with Crippen LogP contribution in [0.15, 0.2) is 0 Å². The van der Waals surface area contributed by atoms with E-state index in [4.69, 9.17) is 9.47 Å². The van der Waals surface area contributed by atoms with Gasteiger partial charge in [-0.25, -0.2) is 0 Å². The Morgan fingerprint density at radius 1 is 1.14 bits per heavy atom. The average Bonchev–Trinajstić information content (AvgIpc) is 3.16. The Hall–Kier alpha value is -0.690. The predicted octanol–water partition coefficient (Wildman–Crippen LogP) is 2.82. The Bertz CT molecular complexity index is 519. The predicted molar refractivity (Wildman–Crippen MR) is 116 cm³/mol. The van der Waals surface area contributed by atoms with E-state index in [-0.39, 0.29) is 5.79 Å². The van der Waals surface area contributed by atoms with Gasteiger partial charge in [0.2, 0.25) is 5.91 Å². The first-order chi connectivity index (χ1) is 14.0. The Labute approximate surface area is 177 Å². The second-order valence-corrected chi connectivity index (χ2v) is 9.32. The summed E-state index contributed by atoms with van der Waals surface area (Å²) >= 11 is 0. The second-order valence-electron chi connectivity index (χ2n) is 9.32. The van der Waals surface area contributed by atoms with Gasteiger partial charge in [-0.2, -0.15) is 0 Å². The maximum atomic E-state index is 12.9. The molecule has 2 heterocycles. The molecular formula is C23H43N3O3. The molecule has 29 heavy (non-hydrogen) atoms. The summed E-state index contributed by atoms with van der Waals surface area (Å²) in [5.74, 6) is 1.01. The van der Waals surface area contributed by atoms with Crippen molar-refractivity contribution in [1.82, 2.24) is 14.7 Å². The summed E-state index contributed by atoms with van der Waals surface area (Å²) in [5, 5.41) is 0. The zero-order valence-corrected chi connectivity index (χ0v) is 19.2. The molecule has 3 rings (SSSR count). The van der Waals surface area contributed by atoms with Crippen molar-refractivity contribution in [2.75, 3.05) is 59.5 Å². The molecule has 0 unspecified atom stereocenters. The van der Waals surface area contributed by atoms with Crippen LogP contribution < -0.4 is 0 Å². The van der Waals surface area contributed by atoms with E-state index in [1.54, 1.807) is 0 Å². The lowest BCUT2D eigenvalue weighted by Gasteiger charge is -2.51. The minimum absolute atomic E-state index is 0.302. The molecular weight excluding hydrogens is 366 g/mol. The molecule has 3 atom stereocenters. The lowest BCUT2D eigenvalue weighted by molar-refractivity contribution is -0.203. The lowest BCUT2D eigenvalue weighted by atomic mass is 9.72. The molecule has 0 N–H and O–H groups in total. The Kier molecular flexibility index (Phi) is 8.37. The van der Waals surface area contributed by atoms with E-state index in [0.717, 1.165) is 78.2 Å². The van der Waals surface area contributed by atoms with Gasteiger partial charge in [0.05, 0.1) is 13.2 Å². The summed E-state index contributed by atoms with van der Waals surface area (Å²) in [4.78, 5) is 19.9. The van der Waals surface area contributed by atoms with Gasteiger partial charge in [0.25, 0.3) is 0 Å². The first-order valence-corrected chi connectivity index (χ1v) is 12.0. The molecule has 1 amide bonds. The van der Waals surface area contributed by atoms with Crippen molar-refractivity contribution in [1.29, 1.82) is 0 Å². The Morgan fingerprint density at radius 3 is 2.52 bits per heavy atom. The topological polar surface area (TPSA) is 45.3 Å². The third kappa shape index (κ3) is 5.72. The monoisotopic (exact) mass is 409 g/mol. The van der Waals surface area contributed by atoms with Crippen LogP contribution in [-0.4, -0.2) is 92.0 Å². The number of fused-ring (bicyclic) bond motifs is 1. The highest BCUT2D eigenvalue weighted by atomic mass is 16.7. The average molecular weight is 410 g/mol. The quantitative estimate of drug-likeness (QED) is 0.586. The minimum Gasteiger partial charge on any atom is -0.348 e. The number of piperidine rings is 1. The first kappa shape index (κ1) is 23.0. The number of likely N-dealkylation sites (N-methyl/N-ethyl adjacent to an activating group) is 2. The molecule has 2 saturated heterocycles. The van der Waals surface area contributed by atoms with Crippen LogP contribution in [0.2, 0.25) is 0 Å². The zero-order chi connectivity index (χ0) is 20.9. The molecule has 1 aliphatic carbocycles. The van der Waals surface area contributed by atoms with Crippen LogP contribution in [0.1, 0.15) is 59.3 Å². The SMILES string of the molecule is CCCN1C[C@@H](CC(=O)N(C)CCN(CC)CC)C[C@@H]2CC3(CC[C@H]21)OCCO3. The molecule has 3 aliphatic rings. The van der Waals surface area contributed by atoms with E-state index in [1.807, 2.05) is 11.9 Å². The van der Waals surface area contributed by atoms with Gasteiger partial charge in [0, 0.05) is 52.0 Å². The van der Waals surface area contributed by atoms with Crippen LogP contribution in [0, 0.1) is 11.8 Å². The fraction of sp³-hybridized carbons (Fsp3) is 0.957. The van der Waals surface area contributed by atoms with Crippen LogP contribution in [0.3, 0.4) is 0 Å². The van der Waals surface area contributed by atoms with Crippen molar-refractivity contribution >= 4 is 5.91 Å². The molecule has 1 spiro atoms. The van der Waals surface area contributed by atoms with Gasteiger partial charge in [-0.3, -0.25) is 9.69 Å². The summed E-state index contributed by atoms with van der Waals surface area (Å²) < 4.78 is 12.1. The number of nitrogens with zero attached hydrogens (tertiary/aromatic N) is 3. The molecule has 2 aliphatic heterocycles. The second kappa shape index (κ2) is 10.6. The van der Waals surface area contributed by atoms with Crippen LogP contribution in [0.4, 0.5) is 0 Å². The number of likely N-dealkylation sites (tertiary alicyclic amines) is 1. The molecule has 3 fully saturated rings. The highest BCUT2D eigenvalue weighted by Crippen LogP contribution is 2.45. The number of rotatable bonds is 9. The Morgan fingerprint density at radius 2 is 1.86 bits per heavy atom. The van der Waals surface area contributed by atoms with Crippen LogP contribution in [0.5, 0.6) is 0 Å². The third-order valence-electron chi connectivity index (χ3n) is 7.40. The molecule has 0 radical (unpaired) electrons. The molecule has 168 valence electrons. The number of carbonyl (C=O) groups is 1. The van der Waals surface area contributed by atoms with Crippen molar-refractivity contribution in [3.8, 4) is 0 Å². The Balaban J connectivity index is 1.56. The summed E-state index contributed by atoms with van der Waals surface area (Å²) in [6.07, 6.45) is 6.16. The van der Waals surface area contributed by atoms with E-state index in [0.29, 0.717) is 30.2 Å². The highest BCUT2D eigenvalue weighted by molar-refractivity contribution is 5.76. The molecule has 6 heteroatoms. The smallest absolute Gasteiger partial charge is 0.222 e. The van der Waals surface area contributed by atoms with E-state index in [1.165, 1.54) is 6.42 Å². The zero-order valence-electron chi connectivity index (χ0n) is 19.2. The molecule has 0 aromatic rings. The van der Waals surface area contributed by atoms with E-state index in [9.17, 15) is 4.79 Å². The maximum Gasteiger partial charge on any atom is 0.222 e. The van der Waals surface area contributed by atoms with Crippen LogP contribution in [0.25, 0.3) is 0 Å². The van der Waals surface area contributed by atoms with Gasteiger partial charge < -0.3 is 19.3 Å². The van der Waals surface area contributed by atoms with E-state index in [2.05, 4.69) is 30.6 Å². The van der Waals surface area contributed by atoms with Crippen molar-refractivity contribution in [3.05, 3.63) is 0 Å². The fourth-order valence-electron chi connectivity index (χ4n) is 5.74. The van der Waals surface area contributed by atoms with Crippen molar-refractivity contribution in [3.63, 3.8) is 0 Å². The summed E-state index contributed by atoms with van der Waals surface area (Å²) in [5.41, 5.74) is 0. The number of hydrogen-bond donors (Lipinski definition) is 0. The molecule has 0 aromatic carbocycles. The minimum atomic E-state index is -0.328. The van der Waals surface area contributed by atoms with Crippen LogP contribution in [-0.2, 0) is 14.3 Å². The third-order valence-corrected chi connectivity index (χ3v) is 7.40. The standard InChI is InChI=1S/C23H43N3O3/c1-5-10-26-18-19(16-22(27)24(4)11-12-25(6-2)7-3)15-20-17-23(9-8-21(20)26)28-13-14-29-23/h19-21H,5-18H2,1-4H3/t19-,20-,21-/m1/s1. The maximum absolute atomic E-state index is 12.9. The van der Waals surface area contributed by atoms with E-state index < -0.39 is 0 Å². The number of carbonyl (C=O) groups excluding carboxylic acids is 1.